The predicted octanol–water partition coefficient (Wildman–Crippen LogP) is 1.44. The van der Waals surface area contributed by atoms with E-state index in [4.69, 9.17) is 0 Å². The van der Waals surface area contributed by atoms with E-state index < -0.39 is 0 Å². The van der Waals surface area contributed by atoms with Crippen molar-refractivity contribution in [3.63, 3.8) is 0 Å². The summed E-state index contributed by atoms with van der Waals surface area (Å²) in [4.78, 5) is 7.24. The molecule has 1 aromatic carbocycles. The van der Waals surface area contributed by atoms with E-state index >= 15 is 0 Å². The molecule has 2 heterocycles. The summed E-state index contributed by atoms with van der Waals surface area (Å²) < 4.78 is 1.41. The third-order valence-electron chi connectivity index (χ3n) is 5.16. The Hall–Kier alpha value is -1.28. The van der Waals surface area contributed by atoms with Crippen molar-refractivity contribution in [2.24, 2.45) is 0 Å². The molecule has 1 radical (unpaired) electrons. The first-order valence-electron chi connectivity index (χ1n) is 8.25. The van der Waals surface area contributed by atoms with Crippen molar-refractivity contribution >= 4 is 20.7 Å². The van der Waals surface area contributed by atoms with Crippen LogP contribution in [0, 0.1) is 6.92 Å². The van der Waals surface area contributed by atoms with Gasteiger partial charge in [0.2, 0.25) is 0 Å². The van der Waals surface area contributed by atoms with Crippen LogP contribution in [-0.4, -0.2) is 56.8 Å². The van der Waals surface area contributed by atoms with Crippen LogP contribution in [0.15, 0.2) is 42.6 Å². The van der Waals surface area contributed by atoms with Crippen LogP contribution in [0.25, 0.3) is 0 Å². The van der Waals surface area contributed by atoms with Crippen LogP contribution in [-0.2, 0) is 12.0 Å². The van der Waals surface area contributed by atoms with Gasteiger partial charge in [-0.1, -0.05) is 0 Å². The van der Waals surface area contributed by atoms with Crippen LogP contribution < -0.4 is 5.32 Å². The fourth-order valence-electron chi connectivity index (χ4n) is 3.93. The summed E-state index contributed by atoms with van der Waals surface area (Å²) in [6.45, 7) is 6.30. The van der Waals surface area contributed by atoms with Gasteiger partial charge in [0, 0.05) is 0 Å². The molecule has 1 saturated heterocycles. The number of aromatic nitrogens is 1. The number of hydrogen-bond donors (Lipinski definition) is 1. The molecule has 2 aromatic rings. The monoisotopic (exact) mass is 366 g/mol. The quantitative estimate of drug-likeness (QED) is 0.816. The Labute approximate surface area is 146 Å². The summed E-state index contributed by atoms with van der Waals surface area (Å²) >= 11 is 2.87. The van der Waals surface area contributed by atoms with E-state index in [0.717, 1.165) is 38.3 Å². The number of benzene rings is 1. The van der Waals surface area contributed by atoms with E-state index in [1.165, 1.54) is 21.0 Å². The van der Waals surface area contributed by atoms with Gasteiger partial charge < -0.3 is 0 Å². The fourth-order valence-corrected chi connectivity index (χ4v) is 5.12. The molecule has 117 valence electrons. The molecule has 2 aliphatic rings. The molecule has 4 heteroatoms. The number of nitrogens with one attached hydrogen (secondary N) is 1. The topological polar surface area (TPSA) is 28.2 Å². The van der Waals surface area contributed by atoms with Gasteiger partial charge in [-0.05, 0) is 0 Å². The minimum atomic E-state index is -0.0630. The fraction of sp³-hybridized carbons (Fsp3) is 0.368. The standard InChI is InChI=1S/C19H21AsN3/c1-14-6-7-16(13-22-14)19(23-10-8-21-9-11-23)12-15-4-2-3-5-17(15)18(19)20/h2-7,13,21H,8-12H2,1H3. The summed E-state index contributed by atoms with van der Waals surface area (Å²) in [6, 6.07) is 13.2. The van der Waals surface area contributed by atoms with Crippen molar-refractivity contribution in [1.82, 2.24) is 15.2 Å². The summed E-state index contributed by atoms with van der Waals surface area (Å²) in [6.07, 6.45) is 3.12. The van der Waals surface area contributed by atoms with E-state index in [1.54, 1.807) is 0 Å². The zero-order valence-corrected chi connectivity index (χ0v) is 15.3. The molecule has 1 unspecified atom stereocenters. The number of pyridine rings is 1. The second-order valence-electron chi connectivity index (χ2n) is 6.47. The molecule has 1 aliphatic carbocycles. The van der Waals surface area contributed by atoms with Gasteiger partial charge in [-0.25, -0.2) is 0 Å². The summed E-state index contributed by atoms with van der Waals surface area (Å²) in [5.74, 6) is 0. The Morgan fingerprint density at radius 2 is 1.91 bits per heavy atom. The van der Waals surface area contributed by atoms with Crippen LogP contribution in [0.4, 0.5) is 0 Å². The number of piperazine rings is 1. The molecule has 0 amide bonds. The molecular formula is C19H21AsN3. The zero-order valence-electron chi connectivity index (χ0n) is 13.4. The van der Waals surface area contributed by atoms with Gasteiger partial charge in [0.05, 0.1) is 0 Å². The Morgan fingerprint density at radius 3 is 2.61 bits per heavy atom. The molecular weight excluding hydrogens is 345 g/mol. The van der Waals surface area contributed by atoms with Crippen molar-refractivity contribution in [2.45, 2.75) is 18.9 Å². The van der Waals surface area contributed by atoms with E-state index in [9.17, 15) is 0 Å². The molecule has 23 heavy (non-hydrogen) atoms. The van der Waals surface area contributed by atoms with Gasteiger partial charge in [0.1, 0.15) is 0 Å². The molecule has 1 fully saturated rings. The van der Waals surface area contributed by atoms with E-state index in [-0.39, 0.29) is 5.54 Å². The van der Waals surface area contributed by atoms with Crippen LogP contribution >= 0.6 is 0 Å². The normalized spacial score (nSPS) is 24.7. The third kappa shape index (κ3) is 2.42. The van der Waals surface area contributed by atoms with Crippen LogP contribution in [0.1, 0.15) is 22.4 Å². The Balaban J connectivity index is 1.86. The molecule has 1 aliphatic heterocycles. The predicted molar refractivity (Wildman–Crippen MR) is 95.1 cm³/mol. The third-order valence-corrected chi connectivity index (χ3v) is 6.44. The van der Waals surface area contributed by atoms with Gasteiger partial charge >= 0.3 is 146 Å². The molecule has 0 spiro atoms. The molecule has 0 bridgehead atoms. The van der Waals surface area contributed by atoms with E-state index in [0.29, 0.717) is 0 Å². The van der Waals surface area contributed by atoms with Crippen LogP contribution in [0.5, 0.6) is 0 Å². The van der Waals surface area contributed by atoms with E-state index in [1.807, 2.05) is 0 Å². The van der Waals surface area contributed by atoms with Crippen molar-refractivity contribution in [3.8, 4) is 0 Å². The van der Waals surface area contributed by atoms with Crippen LogP contribution in [0.3, 0.4) is 0 Å². The van der Waals surface area contributed by atoms with Gasteiger partial charge in [-0.3, -0.25) is 0 Å². The molecule has 0 saturated carbocycles. The maximum absolute atomic E-state index is 4.60. The van der Waals surface area contributed by atoms with Crippen molar-refractivity contribution in [2.75, 3.05) is 26.2 Å². The van der Waals surface area contributed by atoms with Gasteiger partial charge in [0.25, 0.3) is 0 Å². The first-order valence-corrected chi connectivity index (χ1v) is 9.19. The Bertz CT molecular complexity index is 735. The molecule has 3 nitrogen and oxygen atoms in total. The summed E-state index contributed by atoms with van der Waals surface area (Å²) in [5, 5.41) is 3.48. The van der Waals surface area contributed by atoms with Crippen molar-refractivity contribution < 1.29 is 0 Å². The molecule has 1 aromatic heterocycles. The number of rotatable bonds is 2. The first kappa shape index (κ1) is 15.3. The molecule has 1 atom stereocenters. The average Bonchev–Trinajstić information content (AvgIpc) is 2.91. The Kier molecular flexibility index (Phi) is 3.96. The van der Waals surface area contributed by atoms with Crippen molar-refractivity contribution in [3.05, 3.63) is 65.0 Å². The second kappa shape index (κ2) is 5.97. The molecule has 4 rings (SSSR count). The van der Waals surface area contributed by atoms with Crippen molar-refractivity contribution in [1.29, 1.82) is 0 Å². The second-order valence-corrected chi connectivity index (χ2v) is 7.41. The van der Waals surface area contributed by atoms with E-state index in [2.05, 4.69) is 81.1 Å². The first-order chi connectivity index (χ1) is 11.2. The summed E-state index contributed by atoms with van der Waals surface area (Å²) in [7, 11) is 0. The number of nitrogens with zero attached hydrogens (tertiary/aromatic N) is 2. The number of fused-ring (bicyclic) bond motifs is 1. The van der Waals surface area contributed by atoms with Gasteiger partial charge in [-0.2, -0.15) is 0 Å². The zero-order chi connectivity index (χ0) is 15.9. The number of aryl methyl sites for hydroxylation is 1. The van der Waals surface area contributed by atoms with Gasteiger partial charge in [0.15, 0.2) is 0 Å². The SMILES string of the molecule is Cc1ccc(C2(N3CCNCC3)Cc3ccccc3C2=[As])cn1. The molecule has 1 N–H and O–H groups in total. The van der Waals surface area contributed by atoms with Crippen LogP contribution in [0.2, 0.25) is 0 Å². The van der Waals surface area contributed by atoms with Gasteiger partial charge in [-0.15, -0.1) is 0 Å². The summed E-state index contributed by atoms with van der Waals surface area (Å²) in [5.41, 5.74) is 5.17. The number of hydrogen-bond acceptors (Lipinski definition) is 3. The average molecular weight is 366 g/mol. The Morgan fingerprint density at radius 1 is 1.13 bits per heavy atom. The maximum atomic E-state index is 4.60. The minimum absolute atomic E-state index is 0.0630.